The summed E-state index contributed by atoms with van der Waals surface area (Å²) in [6.07, 6.45) is -4.70. The quantitative estimate of drug-likeness (QED) is 0.120. The van der Waals surface area contributed by atoms with Crippen molar-refractivity contribution in [2.24, 2.45) is 0 Å². The number of nitrogens with one attached hydrogen (secondary N) is 2. The first-order valence-electron chi connectivity index (χ1n) is 18.7. The van der Waals surface area contributed by atoms with Gasteiger partial charge in [0, 0.05) is 42.4 Å². The SMILES string of the molecule is O=P(NP(=O)(c1ccccc1)c1ccccc1)(c1ccccc1)c1ccccc1.S=P(NP(=S)(c1ccccc1)c1ccccc1)(c1ccccc1)c1ccccc1. The molecular formula is C48H42N2O2P4S2. The number of benzene rings is 8. The standard InChI is InChI=1S/C24H21NO2P2.C24H21NP2S2/c26-28(21-13-5-1-6-14-21,22-15-7-2-8-16-22)25-29(27,23-17-9-3-10-18-23)24-19-11-4-12-20-24;28-26(21-13-5-1-6-14-21,22-15-7-2-8-16-22)25-27(29,23-17-9-3-10-18-23)24-19-11-4-12-20-24/h1-20H,(H,25,26,27);1-20H,(H,25,28,29). The molecule has 0 spiro atoms. The van der Waals surface area contributed by atoms with Crippen LogP contribution in [0.4, 0.5) is 0 Å². The average Bonchev–Trinajstić information content (AvgIpc) is 3.31. The third-order valence-electron chi connectivity index (χ3n) is 9.52. The lowest BCUT2D eigenvalue weighted by Gasteiger charge is -2.33. The molecule has 0 amide bonds. The third kappa shape index (κ3) is 9.17. The van der Waals surface area contributed by atoms with Gasteiger partial charge in [0.25, 0.3) is 0 Å². The van der Waals surface area contributed by atoms with Crippen LogP contribution in [0.2, 0.25) is 0 Å². The molecule has 8 rings (SSSR count). The van der Waals surface area contributed by atoms with Crippen molar-refractivity contribution in [1.82, 2.24) is 9.72 Å². The van der Waals surface area contributed by atoms with Crippen molar-refractivity contribution in [3.05, 3.63) is 243 Å². The molecule has 8 aromatic rings. The van der Waals surface area contributed by atoms with Crippen molar-refractivity contribution >= 4 is 93.0 Å². The van der Waals surface area contributed by atoms with Crippen LogP contribution in [-0.2, 0) is 32.7 Å². The van der Waals surface area contributed by atoms with E-state index in [1.165, 1.54) is 0 Å². The van der Waals surface area contributed by atoms with Crippen molar-refractivity contribution in [2.45, 2.75) is 0 Å². The largest absolute Gasteiger partial charge is 0.296 e. The van der Waals surface area contributed by atoms with Crippen molar-refractivity contribution in [1.29, 1.82) is 0 Å². The Hall–Kier alpha value is -4.56. The van der Waals surface area contributed by atoms with Gasteiger partial charge in [-0.2, -0.15) is 0 Å². The van der Waals surface area contributed by atoms with E-state index in [1.807, 2.05) is 146 Å². The molecule has 0 radical (unpaired) electrons. The van der Waals surface area contributed by atoms with Gasteiger partial charge in [-0.1, -0.05) is 218 Å². The lowest BCUT2D eigenvalue weighted by atomic mass is 10.4. The van der Waals surface area contributed by atoms with Crippen molar-refractivity contribution in [2.75, 3.05) is 0 Å². The van der Waals surface area contributed by atoms with E-state index in [1.54, 1.807) is 0 Å². The fourth-order valence-corrected chi connectivity index (χ4v) is 23.5. The normalized spacial score (nSPS) is 11.9. The van der Waals surface area contributed by atoms with E-state index >= 15 is 0 Å². The number of hydrogen-bond donors (Lipinski definition) is 2. The smallest absolute Gasteiger partial charge is 0.210 e. The van der Waals surface area contributed by atoms with Gasteiger partial charge < -0.3 is 0 Å². The first-order chi connectivity index (χ1) is 28.3. The summed E-state index contributed by atoms with van der Waals surface area (Å²) < 4.78 is 29.0. The van der Waals surface area contributed by atoms with Crippen molar-refractivity contribution in [3.63, 3.8) is 0 Å². The lowest BCUT2D eigenvalue weighted by molar-refractivity contribution is 0.574. The molecule has 10 heteroatoms. The van der Waals surface area contributed by atoms with Gasteiger partial charge in [-0.05, 0) is 48.5 Å². The van der Waals surface area contributed by atoms with Crippen molar-refractivity contribution < 1.29 is 9.13 Å². The third-order valence-corrected chi connectivity index (χ3v) is 26.2. The Labute approximate surface area is 352 Å². The van der Waals surface area contributed by atoms with Gasteiger partial charge >= 0.3 is 0 Å². The molecule has 2 N–H and O–H groups in total. The zero-order valence-electron chi connectivity index (χ0n) is 31.5. The molecule has 0 aliphatic heterocycles. The van der Waals surface area contributed by atoms with E-state index in [0.717, 1.165) is 21.2 Å². The highest BCUT2D eigenvalue weighted by Gasteiger charge is 2.38. The highest BCUT2D eigenvalue weighted by atomic mass is 32.5. The second-order valence-electron chi connectivity index (χ2n) is 13.3. The summed E-state index contributed by atoms with van der Waals surface area (Å²) in [5.74, 6) is 0. The minimum atomic E-state index is -3.39. The predicted molar refractivity (Wildman–Crippen MR) is 259 cm³/mol. The van der Waals surface area contributed by atoms with Crippen LogP contribution in [0.5, 0.6) is 0 Å². The minimum Gasteiger partial charge on any atom is -0.296 e. The second-order valence-corrected chi connectivity index (χ2v) is 27.2. The van der Waals surface area contributed by atoms with Crippen LogP contribution in [0.1, 0.15) is 0 Å². The van der Waals surface area contributed by atoms with Gasteiger partial charge in [0.2, 0.25) is 14.6 Å². The van der Waals surface area contributed by atoms with E-state index in [2.05, 4.69) is 107 Å². The Morgan fingerprint density at radius 3 is 0.569 bits per heavy atom. The van der Waals surface area contributed by atoms with Crippen molar-refractivity contribution in [3.8, 4) is 0 Å². The molecule has 8 aromatic carbocycles. The summed E-state index contributed by atoms with van der Waals surface area (Å²) >= 11 is 12.9. The van der Waals surface area contributed by atoms with E-state index in [-0.39, 0.29) is 0 Å². The van der Waals surface area contributed by atoms with Crippen LogP contribution in [0.15, 0.2) is 243 Å². The number of hydrogen-bond acceptors (Lipinski definition) is 4. The highest BCUT2D eigenvalue weighted by Crippen LogP contribution is 2.54. The van der Waals surface area contributed by atoms with E-state index in [9.17, 15) is 9.13 Å². The van der Waals surface area contributed by atoms with Gasteiger partial charge in [-0.25, -0.2) is 9.72 Å². The van der Waals surface area contributed by atoms with E-state index < -0.39 is 27.0 Å². The molecule has 0 saturated carbocycles. The summed E-state index contributed by atoms with van der Waals surface area (Å²) in [7, 11) is -6.78. The van der Waals surface area contributed by atoms with Crippen LogP contribution in [0.3, 0.4) is 0 Å². The fourth-order valence-electron chi connectivity index (χ4n) is 6.56. The molecule has 0 aliphatic carbocycles. The van der Waals surface area contributed by atoms with Gasteiger partial charge in [0.15, 0.2) is 0 Å². The topological polar surface area (TPSA) is 58.2 Å². The van der Waals surface area contributed by atoms with Crippen LogP contribution in [0.25, 0.3) is 0 Å². The van der Waals surface area contributed by atoms with Gasteiger partial charge in [-0.3, -0.25) is 9.13 Å². The maximum Gasteiger partial charge on any atom is 0.210 e. The van der Waals surface area contributed by atoms with Crippen LogP contribution >= 0.6 is 27.0 Å². The van der Waals surface area contributed by atoms with E-state index in [0.29, 0.717) is 21.2 Å². The molecule has 0 saturated heterocycles. The molecule has 288 valence electrons. The Morgan fingerprint density at radius 2 is 0.397 bits per heavy atom. The summed E-state index contributed by atoms with van der Waals surface area (Å²) in [6, 6.07) is 78.4. The minimum absolute atomic E-state index is 0.623. The highest BCUT2D eigenvalue weighted by molar-refractivity contribution is 8.30. The monoisotopic (exact) mass is 866 g/mol. The molecule has 4 nitrogen and oxygen atoms in total. The molecule has 0 aliphatic rings. The van der Waals surface area contributed by atoms with Gasteiger partial charge in [-0.15, -0.1) is 0 Å². The first kappa shape index (κ1) is 41.6. The molecule has 0 unspecified atom stereocenters. The zero-order valence-corrected chi connectivity index (χ0v) is 36.7. The maximum atomic E-state index is 14.5. The molecule has 0 atom stereocenters. The maximum absolute atomic E-state index is 14.5. The Balaban J connectivity index is 0.000000177. The average molecular weight is 867 g/mol. The fraction of sp³-hybridized carbons (Fsp3) is 0. The molecule has 0 heterocycles. The molecule has 0 bridgehead atoms. The molecule has 0 aromatic heterocycles. The lowest BCUT2D eigenvalue weighted by Crippen LogP contribution is -2.32. The Kier molecular flexibility index (Phi) is 13.6. The zero-order chi connectivity index (χ0) is 40.3. The van der Waals surface area contributed by atoms with E-state index in [4.69, 9.17) is 23.6 Å². The first-order valence-corrected chi connectivity index (χ1v) is 27.7. The predicted octanol–water partition coefficient (Wildman–Crippen LogP) is 9.10. The molecule has 0 fully saturated rings. The van der Waals surface area contributed by atoms with Gasteiger partial charge in [0.05, 0.1) is 12.4 Å². The summed E-state index contributed by atoms with van der Waals surface area (Å²) in [5, 5.41) is 7.00. The Bertz CT molecular complexity index is 2160. The second kappa shape index (κ2) is 19.0. The summed E-state index contributed by atoms with van der Waals surface area (Å²) in [6.45, 7) is 0. The van der Waals surface area contributed by atoms with Crippen LogP contribution in [-0.4, -0.2) is 0 Å². The summed E-state index contributed by atoms with van der Waals surface area (Å²) in [4.78, 5) is 7.11. The number of rotatable bonds is 12. The summed E-state index contributed by atoms with van der Waals surface area (Å²) in [5.41, 5.74) is 0. The molecular weight excluding hydrogens is 825 g/mol. The Morgan fingerprint density at radius 1 is 0.241 bits per heavy atom. The molecule has 58 heavy (non-hydrogen) atoms. The van der Waals surface area contributed by atoms with Crippen LogP contribution in [0, 0.1) is 0 Å². The van der Waals surface area contributed by atoms with Crippen LogP contribution < -0.4 is 52.2 Å². The van der Waals surface area contributed by atoms with Gasteiger partial charge in [0.1, 0.15) is 0 Å².